The lowest BCUT2D eigenvalue weighted by molar-refractivity contribution is 0.103. The zero-order valence-electron chi connectivity index (χ0n) is 15.6. The second-order valence-electron chi connectivity index (χ2n) is 7.51. The van der Waals surface area contributed by atoms with Crippen LogP contribution in [-0.4, -0.2) is 17.3 Å². The van der Waals surface area contributed by atoms with Crippen LogP contribution in [-0.2, 0) is 0 Å². The van der Waals surface area contributed by atoms with Crippen molar-refractivity contribution in [3.63, 3.8) is 0 Å². The Bertz CT molecular complexity index is 631. The second-order valence-corrected chi connectivity index (χ2v) is 7.51. The van der Waals surface area contributed by atoms with Crippen LogP contribution in [0.4, 0.5) is 0 Å². The fourth-order valence-corrected chi connectivity index (χ4v) is 4.00. The summed E-state index contributed by atoms with van der Waals surface area (Å²) in [5.41, 5.74) is 8.98. The van der Waals surface area contributed by atoms with E-state index in [1.165, 1.54) is 24.8 Å². The minimum Gasteiger partial charge on any atom is -0.392 e. The van der Waals surface area contributed by atoms with Crippen molar-refractivity contribution in [2.24, 2.45) is 5.73 Å². The molecule has 0 bridgehead atoms. The summed E-state index contributed by atoms with van der Waals surface area (Å²) in [5, 5.41) is 14.5. The molecule has 0 amide bonds. The van der Waals surface area contributed by atoms with Gasteiger partial charge >= 0.3 is 0 Å². The van der Waals surface area contributed by atoms with Crippen LogP contribution < -0.4 is 11.1 Å². The maximum Gasteiger partial charge on any atom is 0.0693 e. The molecule has 0 aromatic heterocycles. The van der Waals surface area contributed by atoms with E-state index in [1.807, 2.05) is 24.3 Å². The van der Waals surface area contributed by atoms with Crippen molar-refractivity contribution >= 4 is 0 Å². The minimum atomic E-state index is -0.303. The molecule has 4 N–H and O–H groups in total. The highest BCUT2D eigenvalue weighted by atomic mass is 16.3. The molecule has 3 nitrogen and oxygen atoms in total. The Balaban J connectivity index is 1.82. The molecule has 0 saturated heterocycles. The van der Waals surface area contributed by atoms with Crippen LogP contribution in [0.25, 0.3) is 0 Å². The van der Waals surface area contributed by atoms with Crippen LogP contribution in [0.3, 0.4) is 0 Å². The average molecular weight is 353 g/mol. The molecule has 1 aliphatic rings. The number of rotatable bonds is 5. The van der Waals surface area contributed by atoms with E-state index >= 15 is 0 Å². The minimum absolute atomic E-state index is 0.0148. The molecule has 2 unspecified atom stereocenters. The largest absolute Gasteiger partial charge is 0.392 e. The predicted molar refractivity (Wildman–Crippen MR) is 108 cm³/mol. The van der Waals surface area contributed by atoms with Gasteiger partial charge in [-0.1, -0.05) is 92.8 Å². The molecule has 1 saturated carbocycles. The molecule has 2 aromatic carbocycles. The topological polar surface area (TPSA) is 58.3 Å². The van der Waals surface area contributed by atoms with E-state index in [2.05, 4.69) is 41.7 Å². The highest BCUT2D eigenvalue weighted by Crippen LogP contribution is 2.29. The first-order valence-electron chi connectivity index (χ1n) is 10.1. The van der Waals surface area contributed by atoms with E-state index in [-0.39, 0.29) is 24.2 Å². The lowest BCUT2D eigenvalue weighted by Crippen LogP contribution is -2.45. The maximum atomic E-state index is 10.7. The molecule has 0 radical (unpaired) electrons. The highest BCUT2D eigenvalue weighted by Gasteiger charge is 2.27. The van der Waals surface area contributed by atoms with Crippen molar-refractivity contribution in [1.82, 2.24) is 5.32 Å². The van der Waals surface area contributed by atoms with Gasteiger partial charge in [-0.2, -0.15) is 0 Å². The Kier molecular flexibility index (Phi) is 7.24. The fraction of sp³-hybridized carbons (Fsp3) is 0.478. The normalized spacial score (nSPS) is 24.1. The van der Waals surface area contributed by atoms with Gasteiger partial charge in [0.1, 0.15) is 0 Å². The quantitative estimate of drug-likeness (QED) is 0.743. The predicted octanol–water partition coefficient (Wildman–Crippen LogP) is 4.49. The molecule has 2 aromatic rings. The first-order chi connectivity index (χ1) is 12.8. The summed E-state index contributed by atoms with van der Waals surface area (Å²) in [4.78, 5) is 0. The van der Waals surface area contributed by atoms with E-state index in [0.29, 0.717) is 0 Å². The molecule has 26 heavy (non-hydrogen) atoms. The van der Waals surface area contributed by atoms with Crippen molar-refractivity contribution in [1.29, 1.82) is 0 Å². The van der Waals surface area contributed by atoms with E-state index in [9.17, 15) is 5.11 Å². The Labute approximate surface area is 157 Å². The van der Waals surface area contributed by atoms with Crippen LogP contribution in [0.15, 0.2) is 60.7 Å². The van der Waals surface area contributed by atoms with Crippen LogP contribution >= 0.6 is 0 Å². The number of benzene rings is 2. The van der Waals surface area contributed by atoms with Gasteiger partial charge in [0.2, 0.25) is 0 Å². The molecule has 0 heterocycles. The summed E-state index contributed by atoms with van der Waals surface area (Å²) in [6.45, 7) is 0. The van der Waals surface area contributed by atoms with Crippen LogP contribution in [0.5, 0.6) is 0 Å². The number of aliphatic hydroxyl groups is 1. The Morgan fingerprint density at radius 3 is 1.96 bits per heavy atom. The van der Waals surface area contributed by atoms with E-state index in [1.54, 1.807) is 0 Å². The summed E-state index contributed by atoms with van der Waals surface area (Å²) >= 11 is 0. The molecule has 4 atom stereocenters. The summed E-state index contributed by atoms with van der Waals surface area (Å²) in [6, 6.07) is 20.6. The zero-order chi connectivity index (χ0) is 18.2. The van der Waals surface area contributed by atoms with Crippen molar-refractivity contribution in [2.45, 2.75) is 69.2 Å². The number of hydrogen-bond donors (Lipinski definition) is 3. The summed E-state index contributed by atoms with van der Waals surface area (Å²) in [5.74, 6) is 0. The third kappa shape index (κ3) is 5.16. The third-order valence-electron chi connectivity index (χ3n) is 5.58. The first kappa shape index (κ1) is 19.1. The molecular weight excluding hydrogens is 320 g/mol. The fourth-order valence-electron chi connectivity index (χ4n) is 4.00. The summed E-state index contributed by atoms with van der Waals surface area (Å²) in [6.07, 6.45) is 7.62. The maximum absolute atomic E-state index is 10.7. The van der Waals surface area contributed by atoms with Crippen molar-refractivity contribution in [3.05, 3.63) is 71.8 Å². The lowest BCUT2D eigenvalue weighted by atomic mass is 9.91. The number of hydrogen-bond acceptors (Lipinski definition) is 3. The zero-order valence-corrected chi connectivity index (χ0v) is 15.6. The Hall–Kier alpha value is -1.68. The van der Waals surface area contributed by atoms with Gasteiger partial charge in [0.05, 0.1) is 12.1 Å². The number of nitrogens with one attached hydrogen (secondary N) is 1. The highest BCUT2D eigenvalue weighted by molar-refractivity contribution is 5.27. The van der Waals surface area contributed by atoms with Gasteiger partial charge in [-0.05, 0) is 24.0 Å². The van der Waals surface area contributed by atoms with Gasteiger partial charge < -0.3 is 16.2 Å². The standard InChI is InChI=1S/C23H32N2O/c24-22(18-12-6-4-7-13-18)23(19-14-8-5-9-15-19)25-20-16-10-2-1-3-11-17-21(20)26/h4-9,12-15,20-23,25-26H,1-3,10-11,16-17,24H2/t20?,21?,22-,23-/m1/s1. The Morgan fingerprint density at radius 2 is 1.31 bits per heavy atom. The van der Waals surface area contributed by atoms with Gasteiger partial charge in [-0.25, -0.2) is 0 Å². The van der Waals surface area contributed by atoms with Crippen molar-refractivity contribution in [2.75, 3.05) is 0 Å². The lowest BCUT2D eigenvalue weighted by Gasteiger charge is -2.33. The molecule has 0 aliphatic heterocycles. The smallest absolute Gasteiger partial charge is 0.0693 e. The number of aliphatic hydroxyl groups excluding tert-OH is 1. The van der Waals surface area contributed by atoms with E-state index in [0.717, 1.165) is 31.2 Å². The van der Waals surface area contributed by atoms with Gasteiger partial charge in [0, 0.05) is 12.1 Å². The molecule has 3 rings (SSSR count). The molecule has 1 aliphatic carbocycles. The SMILES string of the molecule is N[C@H](c1ccccc1)[C@H](NC1CCCCCCCC1O)c1ccccc1. The first-order valence-corrected chi connectivity index (χ1v) is 10.1. The van der Waals surface area contributed by atoms with Crippen molar-refractivity contribution < 1.29 is 5.11 Å². The molecule has 1 fully saturated rings. The Morgan fingerprint density at radius 1 is 0.769 bits per heavy atom. The van der Waals surface area contributed by atoms with Gasteiger partial charge in [0.15, 0.2) is 0 Å². The molecule has 140 valence electrons. The second kappa shape index (κ2) is 9.86. The molecule has 3 heteroatoms. The molecular formula is C23H32N2O. The summed E-state index contributed by atoms with van der Waals surface area (Å²) in [7, 11) is 0. The van der Waals surface area contributed by atoms with Crippen LogP contribution in [0.2, 0.25) is 0 Å². The van der Waals surface area contributed by atoms with Crippen LogP contribution in [0, 0.1) is 0 Å². The van der Waals surface area contributed by atoms with Crippen LogP contribution in [0.1, 0.15) is 68.2 Å². The van der Waals surface area contributed by atoms with Gasteiger partial charge in [-0.3, -0.25) is 0 Å². The van der Waals surface area contributed by atoms with Crippen molar-refractivity contribution in [3.8, 4) is 0 Å². The third-order valence-corrected chi connectivity index (χ3v) is 5.58. The van der Waals surface area contributed by atoms with Gasteiger partial charge in [-0.15, -0.1) is 0 Å². The summed E-state index contributed by atoms with van der Waals surface area (Å²) < 4.78 is 0. The van der Waals surface area contributed by atoms with E-state index < -0.39 is 0 Å². The van der Waals surface area contributed by atoms with Gasteiger partial charge in [0.25, 0.3) is 0 Å². The monoisotopic (exact) mass is 352 g/mol. The van der Waals surface area contributed by atoms with E-state index in [4.69, 9.17) is 5.73 Å². The number of nitrogens with two attached hydrogens (primary N) is 1. The average Bonchev–Trinajstić information content (AvgIpc) is 2.79. The molecule has 0 spiro atoms.